The minimum Gasteiger partial charge on any atom is -0.394 e. The van der Waals surface area contributed by atoms with Crippen LogP contribution in [0.25, 0.3) is 11.3 Å². The number of H-pyrrole nitrogens is 1. The molecule has 3 aromatic rings. The Labute approximate surface area is 154 Å². The largest absolute Gasteiger partial charge is 0.394 e. The SMILES string of the molecule is Cc1onc(-c2ccc(F)cc2)c1CNc1cc(C(=O)NC(C)CO)[nH]n1. The van der Waals surface area contributed by atoms with Crippen LogP contribution in [0.15, 0.2) is 34.9 Å². The lowest BCUT2D eigenvalue weighted by Crippen LogP contribution is -2.35. The van der Waals surface area contributed by atoms with Crippen molar-refractivity contribution in [3.8, 4) is 11.3 Å². The molecule has 0 radical (unpaired) electrons. The molecule has 2 aromatic heterocycles. The highest BCUT2D eigenvalue weighted by Crippen LogP contribution is 2.26. The molecule has 3 rings (SSSR count). The van der Waals surface area contributed by atoms with Crippen molar-refractivity contribution in [2.75, 3.05) is 11.9 Å². The fourth-order valence-electron chi connectivity index (χ4n) is 2.49. The van der Waals surface area contributed by atoms with E-state index in [0.29, 0.717) is 23.8 Å². The molecule has 0 bridgehead atoms. The molecule has 142 valence electrons. The highest BCUT2D eigenvalue weighted by atomic mass is 19.1. The standard InChI is InChI=1S/C18H20FN5O3/c1-10(9-25)21-18(26)15-7-16(23-22-15)20-8-14-11(2)27-24-17(14)12-3-5-13(19)6-4-12/h3-7,10,25H,8-9H2,1-2H3,(H,21,26)(H2,20,22,23). The molecule has 0 aliphatic heterocycles. The molecule has 1 amide bonds. The number of carbonyl (C=O) groups excluding carboxylic acids is 1. The molecule has 1 aromatic carbocycles. The molecule has 0 aliphatic carbocycles. The lowest BCUT2D eigenvalue weighted by Gasteiger charge is -2.08. The average molecular weight is 373 g/mol. The van der Waals surface area contributed by atoms with Crippen LogP contribution >= 0.6 is 0 Å². The van der Waals surface area contributed by atoms with E-state index in [9.17, 15) is 9.18 Å². The van der Waals surface area contributed by atoms with Gasteiger partial charge in [-0.05, 0) is 38.1 Å². The quantitative estimate of drug-likeness (QED) is 0.505. The van der Waals surface area contributed by atoms with Crippen molar-refractivity contribution in [1.82, 2.24) is 20.7 Å². The first-order valence-corrected chi connectivity index (χ1v) is 8.40. The van der Waals surface area contributed by atoms with E-state index in [1.807, 2.05) is 0 Å². The summed E-state index contributed by atoms with van der Waals surface area (Å²) < 4.78 is 18.4. The number of anilines is 1. The molecule has 2 heterocycles. The zero-order valence-corrected chi connectivity index (χ0v) is 14.9. The van der Waals surface area contributed by atoms with E-state index in [-0.39, 0.29) is 30.1 Å². The number of amides is 1. The number of aliphatic hydroxyl groups is 1. The first kappa shape index (κ1) is 18.6. The minimum atomic E-state index is -0.356. The van der Waals surface area contributed by atoms with E-state index in [0.717, 1.165) is 11.1 Å². The number of carbonyl (C=O) groups is 1. The second-order valence-corrected chi connectivity index (χ2v) is 6.15. The number of hydrogen-bond acceptors (Lipinski definition) is 6. The Morgan fingerprint density at radius 3 is 2.81 bits per heavy atom. The lowest BCUT2D eigenvalue weighted by atomic mass is 10.1. The summed E-state index contributed by atoms with van der Waals surface area (Å²) >= 11 is 0. The Bertz CT molecular complexity index is 919. The molecule has 27 heavy (non-hydrogen) atoms. The Kier molecular flexibility index (Phi) is 5.51. The molecule has 0 saturated heterocycles. The second-order valence-electron chi connectivity index (χ2n) is 6.15. The number of aromatic nitrogens is 3. The van der Waals surface area contributed by atoms with Gasteiger partial charge in [0, 0.05) is 29.8 Å². The summed E-state index contributed by atoms with van der Waals surface area (Å²) in [6, 6.07) is 7.21. The molecular formula is C18H20FN5O3. The van der Waals surface area contributed by atoms with E-state index in [1.54, 1.807) is 32.0 Å². The monoisotopic (exact) mass is 373 g/mol. The number of hydrogen-bond donors (Lipinski definition) is 4. The molecule has 1 atom stereocenters. The van der Waals surface area contributed by atoms with E-state index in [1.165, 1.54) is 12.1 Å². The van der Waals surface area contributed by atoms with Crippen LogP contribution in [-0.2, 0) is 6.54 Å². The van der Waals surface area contributed by atoms with Gasteiger partial charge in [-0.25, -0.2) is 4.39 Å². The summed E-state index contributed by atoms with van der Waals surface area (Å²) in [5, 5.41) is 25.5. The molecular weight excluding hydrogens is 353 g/mol. The number of aliphatic hydroxyl groups excluding tert-OH is 1. The highest BCUT2D eigenvalue weighted by Gasteiger charge is 2.16. The Morgan fingerprint density at radius 2 is 2.11 bits per heavy atom. The fourth-order valence-corrected chi connectivity index (χ4v) is 2.49. The van der Waals surface area contributed by atoms with Crippen LogP contribution in [0.4, 0.5) is 10.2 Å². The summed E-state index contributed by atoms with van der Waals surface area (Å²) in [7, 11) is 0. The molecule has 4 N–H and O–H groups in total. The molecule has 0 spiro atoms. The fraction of sp³-hybridized carbons (Fsp3) is 0.278. The van der Waals surface area contributed by atoms with E-state index in [4.69, 9.17) is 9.63 Å². The lowest BCUT2D eigenvalue weighted by molar-refractivity contribution is 0.0917. The number of nitrogens with zero attached hydrogens (tertiary/aromatic N) is 2. The van der Waals surface area contributed by atoms with Crippen molar-refractivity contribution >= 4 is 11.7 Å². The van der Waals surface area contributed by atoms with Gasteiger partial charge in [-0.15, -0.1) is 0 Å². The molecule has 0 saturated carbocycles. The molecule has 1 unspecified atom stereocenters. The van der Waals surface area contributed by atoms with E-state index >= 15 is 0 Å². The summed E-state index contributed by atoms with van der Waals surface area (Å²) in [5.74, 6) is 0.427. The summed E-state index contributed by atoms with van der Waals surface area (Å²) in [4.78, 5) is 12.0. The van der Waals surface area contributed by atoms with Gasteiger partial charge >= 0.3 is 0 Å². The van der Waals surface area contributed by atoms with Gasteiger partial charge in [0.1, 0.15) is 28.8 Å². The van der Waals surface area contributed by atoms with Crippen molar-refractivity contribution in [2.45, 2.75) is 26.4 Å². The summed E-state index contributed by atoms with van der Waals surface area (Å²) in [6.45, 7) is 3.70. The zero-order chi connectivity index (χ0) is 19.4. The molecule has 0 aliphatic rings. The molecule has 9 heteroatoms. The number of halogens is 1. The Balaban J connectivity index is 1.70. The van der Waals surface area contributed by atoms with Gasteiger partial charge in [0.2, 0.25) is 0 Å². The Hall–Kier alpha value is -3.20. The summed E-state index contributed by atoms with van der Waals surface area (Å²) in [5.41, 5.74) is 2.44. The molecule has 8 nitrogen and oxygen atoms in total. The number of aryl methyl sites for hydroxylation is 1. The third-order valence-electron chi connectivity index (χ3n) is 4.02. The van der Waals surface area contributed by atoms with Gasteiger partial charge < -0.3 is 20.3 Å². The van der Waals surface area contributed by atoms with Gasteiger partial charge in [-0.1, -0.05) is 5.16 Å². The minimum absolute atomic E-state index is 0.149. The van der Waals surface area contributed by atoms with Gasteiger partial charge in [0.25, 0.3) is 5.91 Å². The number of rotatable bonds is 7. The van der Waals surface area contributed by atoms with Gasteiger partial charge in [-0.2, -0.15) is 5.10 Å². The second kappa shape index (κ2) is 8.00. The van der Waals surface area contributed by atoms with Crippen LogP contribution in [0.1, 0.15) is 28.7 Å². The predicted molar refractivity (Wildman–Crippen MR) is 96.6 cm³/mol. The zero-order valence-electron chi connectivity index (χ0n) is 14.9. The Morgan fingerprint density at radius 1 is 1.37 bits per heavy atom. The van der Waals surface area contributed by atoms with Crippen molar-refractivity contribution in [3.05, 3.63) is 53.2 Å². The maximum Gasteiger partial charge on any atom is 0.269 e. The predicted octanol–water partition coefficient (Wildman–Crippen LogP) is 2.23. The first-order chi connectivity index (χ1) is 13.0. The third-order valence-corrected chi connectivity index (χ3v) is 4.02. The van der Waals surface area contributed by atoms with Crippen LogP contribution < -0.4 is 10.6 Å². The topological polar surface area (TPSA) is 116 Å². The maximum absolute atomic E-state index is 13.1. The van der Waals surface area contributed by atoms with Crippen molar-refractivity contribution in [1.29, 1.82) is 0 Å². The van der Waals surface area contributed by atoms with E-state index in [2.05, 4.69) is 26.0 Å². The smallest absolute Gasteiger partial charge is 0.269 e. The molecule has 0 fully saturated rings. The van der Waals surface area contributed by atoms with E-state index < -0.39 is 0 Å². The maximum atomic E-state index is 13.1. The number of benzene rings is 1. The van der Waals surface area contributed by atoms with Crippen molar-refractivity contribution in [2.24, 2.45) is 0 Å². The normalized spacial score (nSPS) is 12.0. The van der Waals surface area contributed by atoms with Crippen LogP contribution in [0.2, 0.25) is 0 Å². The van der Waals surface area contributed by atoms with Gasteiger partial charge in [0.05, 0.1) is 6.61 Å². The first-order valence-electron chi connectivity index (χ1n) is 8.40. The van der Waals surface area contributed by atoms with Crippen LogP contribution in [0.3, 0.4) is 0 Å². The average Bonchev–Trinajstić information content (AvgIpc) is 3.27. The summed E-state index contributed by atoms with van der Waals surface area (Å²) in [6.07, 6.45) is 0. The third kappa shape index (κ3) is 4.32. The van der Waals surface area contributed by atoms with Gasteiger partial charge in [-0.3, -0.25) is 9.89 Å². The van der Waals surface area contributed by atoms with Crippen LogP contribution in [0, 0.1) is 12.7 Å². The van der Waals surface area contributed by atoms with Crippen molar-refractivity contribution < 1.29 is 18.8 Å². The van der Waals surface area contributed by atoms with Crippen molar-refractivity contribution in [3.63, 3.8) is 0 Å². The number of nitrogens with one attached hydrogen (secondary N) is 3. The number of aromatic amines is 1. The highest BCUT2D eigenvalue weighted by molar-refractivity contribution is 5.93. The van der Waals surface area contributed by atoms with Gasteiger partial charge in [0.15, 0.2) is 0 Å². The van der Waals surface area contributed by atoms with Crippen LogP contribution in [0.5, 0.6) is 0 Å². The van der Waals surface area contributed by atoms with Crippen LogP contribution in [-0.4, -0.2) is 39.0 Å².